The van der Waals surface area contributed by atoms with Crippen LogP contribution in [0, 0.1) is 6.92 Å². The van der Waals surface area contributed by atoms with Gasteiger partial charge in [-0.1, -0.05) is 42.1 Å². The third-order valence-electron chi connectivity index (χ3n) is 6.13. The summed E-state index contributed by atoms with van der Waals surface area (Å²) in [5.41, 5.74) is 3.28. The quantitative estimate of drug-likeness (QED) is 0.601. The summed E-state index contributed by atoms with van der Waals surface area (Å²) in [7, 11) is 0. The highest BCUT2D eigenvalue weighted by Gasteiger charge is 2.31. The molecule has 7 heteroatoms. The second-order valence-electron chi connectivity index (χ2n) is 8.35. The molecule has 164 valence electrons. The van der Waals surface area contributed by atoms with Crippen molar-refractivity contribution in [1.29, 1.82) is 0 Å². The van der Waals surface area contributed by atoms with Gasteiger partial charge in [-0.3, -0.25) is 14.9 Å². The first-order valence-corrected chi connectivity index (χ1v) is 11.8. The van der Waals surface area contributed by atoms with E-state index in [0.29, 0.717) is 13.0 Å². The maximum Gasteiger partial charge on any atom is 0.286 e. The van der Waals surface area contributed by atoms with Crippen molar-refractivity contribution >= 4 is 39.6 Å². The van der Waals surface area contributed by atoms with E-state index in [1.54, 1.807) is 0 Å². The topological polar surface area (TPSA) is 71.5 Å². The number of rotatable bonds is 6. The van der Waals surface area contributed by atoms with E-state index < -0.39 is 0 Å². The molecule has 32 heavy (non-hydrogen) atoms. The van der Waals surface area contributed by atoms with E-state index in [-0.39, 0.29) is 22.4 Å². The molecule has 1 N–H and O–H groups in total. The zero-order chi connectivity index (χ0) is 22.1. The smallest absolute Gasteiger partial charge is 0.286 e. The largest absolute Gasteiger partial charge is 0.491 e. The zero-order valence-electron chi connectivity index (χ0n) is 17.9. The van der Waals surface area contributed by atoms with Crippen LogP contribution >= 0.6 is 11.8 Å². The van der Waals surface area contributed by atoms with Crippen LogP contribution in [0.25, 0.3) is 10.9 Å². The fourth-order valence-corrected chi connectivity index (χ4v) is 5.30. The monoisotopic (exact) mass is 447 g/mol. The Morgan fingerprint density at radius 2 is 1.97 bits per heavy atom. The molecule has 0 aliphatic carbocycles. The maximum atomic E-state index is 11.8. The molecule has 0 bridgehead atoms. The number of carbonyl (C=O) groups is 2. The summed E-state index contributed by atoms with van der Waals surface area (Å²) in [5.74, 6) is 1.62. The predicted octanol–water partition coefficient (Wildman–Crippen LogP) is 4.49. The van der Waals surface area contributed by atoms with Gasteiger partial charge in [-0.25, -0.2) is 4.98 Å². The summed E-state index contributed by atoms with van der Waals surface area (Å²) in [6, 6.07) is 18.5. The fraction of sp³-hybridized carbons (Fsp3) is 0.320. The van der Waals surface area contributed by atoms with Crippen LogP contribution in [0.4, 0.5) is 10.6 Å². The van der Waals surface area contributed by atoms with E-state index in [9.17, 15) is 9.59 Å². The van der Waals surface area contributed by atoms with E-state index in [1.165, 1.54) is 10.9 Å². The molecule has 2 atom stereocenters. The van der Waals surface area contributed by atoms with E-state index in [4.69, 9.17) is 9.72 Å². The van der Waals surface area contributed by atoms with Crippen molar-refractivity contribution in [1.82, 2.24) is 10.3 Å². The fourth-order valence-electron chi connectivity index (χ4n) is 4.45. The number of thioether (sulfide) groups is 1. The Labute approximate surface area is 191 Å². The Bertz CT molecular complexity index is 1160. The molecule has 0 saturated carbocycles. The molecule has 2 amide bonds. The zero-order valence-corrected chi connectivity index (χ0v) is 18.7. The molecular weight excluding hydrogens is 422 g/mol. The van der Waals surface area contributed by atoms with Crippen molar-refractivity contribution in [2.45, 2.75) is 37.5 Å². The number of hydrogen-bond donors (Lipinski definition) is 1. The normalized spacial score (nSPS) is 20.7. The van der Waals surface area contributed by atoms with Crippen molar-refractivity contribution in [3.8, 4) is 5.75 Å². The van der Waals surface area contributed by atoms with Gasteiger partial charge >= 0.3 is 0 Å². The van der Waals surface area contributed by atoms with Crippen LogP contribution in [0.5, 0.6) is 5.75 Å². The Morgan fingerprint density at radius 3 is 2.75 bits per heavy atom. The van der Waals surface area contributed by atoms with Crippen molar-refractivity contribution in [3.05, 3.63) is 65.7 Å². The number of ether oxygens (including phenoxy) is 1. The van der Waals surface area contributed by atoms with Crippen LogP contribution < -0.4 is 15.0 Å². The molecule has 5 rings (SSSR count). The van der Waals surface area contributed by atoms with Crippen LogP contribution in [0.15, 0.2) is 54.6 Å². The van der Waals surface area contributed by atoms with Gasteiger partial charge in [-0.05, 0) is 61.6 Å². The predicted molar refractivity (Wildman–Crippen MR) is 127 cm³/mol. The lowest BCUT2D eigenvalue weighted by atomic mass is 10.1. The van der Waals surface area contributed by atoms with Crippen LogP contribution in [-0.2, 0) is 11.2 Å². The standard InChI is InChI=1S/C25H25N3O3S/c1-16-13-23(26-21-7-3-2-6-20(16)21)28-12-4-5-18(28)15-31-19-10-8-17(9-11-19)14-22-24(29)27-25(30)32-22/h2-3,6-11,13,18,22H,4-5,12,14-15H2,1H3,(H,27,29,30)/t18-,22?/m1/s1. The number of para-hydroxylation sites is 1. The van der Waals surface area contributed by atoms with Crippen LogP contribution in [0.1, 0.15) is 24.0 Å². The first kappa shape index (κ1) is 20.8. The third-order valence-corrected chi connectivity index (χ3v) is 7.12. The molecule has 2 aliphatic heterocycles. The summed E-state index contributed by atoms with van der Waals surface area (Å²) >= 11 is 1.06. The van der Waals surface area contributed by atoms with Crippen molar-refractivity contribution in [2.75, 3.05) is 18.1 Å². The van der Waals surface area contributed by atoms with E-state index in [1.807, 2.05) is 30.3 Å². The molecule has 1 aromatic heterocycles. The highest BCUT2D eigenvalue weighted by Crippen LogP contribution is 2.29. The number of benzene rings is 2. The lowest BCUT2D eigenvalue weighted by molar-refractivity contribution is -0.118. The van der Waals surface area contributed by atoms with Gasteiger partial charge < -0.3 is 9.64 Å². The van der Waals surface area contributed by atoms with Crippen molar-refractivity contribution in [2.24, 2.45) is 0 Å². The number of aryl methyl sites for hydroxylation is 1. The first-order valence-electron chi connectivity index (χ1n) is 10.9. The molecule has 2 saturated heterocycles. The van der Waals surface area contributed by atoms with E-state index in [2.05, 4.69) is 41.4 Å². The van der Waals surface area contributed by atoms with Gasteiger partial charge in [0.15, 0.2) is 0 Å². The highest BCUT2D eigenvalue weighted by molar-refractivity contribution is 8.15. The minimum atomic E-state index is -0.348. The van der Waals surface area contributed by atoms with E-state index in [0.717, 1.165) is 53.8 Å². The minimum absolute atomic E-state index is 0.209. The molecule has 6 nitrogen and oxygen atoms in total. The average molecular weight is 448 g/mol. The number of hydrogen-bond acceptors (Lipinski definition) is 6. The number of carbonyl (C=O) groups excluding carboxylic acids is 2. The molecule has 2 aliphatic rings. The van der Waals surface area contributed by atoms with Crippen LogP contribution in [0.3, 0.4) is 0 Å². The number of anilines is 1. The summed E-state index contributed by atoms with van der Waals surface area (Å²) in [6.07, 6.45) is 2.74. The number of pyridine rings is 1. The highest BCUT2D eigenvalue weighted by atomic mass is 32.2. The maximum absolute atomic E-state index is 11.8. The van der Waals surface area contributed by atoms with Gasteiger partial charge in [0.2, 0.25) is 5.91 Å². The van der Waals surface area contributed by atoms with Crippen LogP contribution in [-0.4, -0.2) is 40.6 Å². The Balaban J connectivity index is 1.23. The number of nitrogens with zero attached hydrogens (tertiary/aromatic N) is 2. The first-order chi connectivity index (χ1) is 15.6. The number of nitrogens with one attached hydrogen (secondary N) is 1. The van der Waals surface area contributed by atoms with Gasteiger partial charge in [-0.2, -0.15) is 0 Å². The molecule has 2 aromatic carbocycles. The van der Waals surface area contributed by atoms with Gasteiger partial charge in [-0.15, -0.1) is 0 Å². The second kappa shape index (κ2) is 8.82. The SMILES string of the molecule is Cc1cc(N2CCC[C@@H]2COc2ccc(CC3SC(=O)NC3=O)cc2)nc2ccccc12. The summed E-state index contributed by atoms with van der Waals surface area (Å²) in [6.45, 7) is 3.72. The average Bonchev–Trinajstić information content (AvgIpc) is 3.39. The molecule has 0 radical (unpaired) electrons. The van der Waals surface area contributed by atoms with E-state index >= 15 is 0 Å². The lowest BCUT2D eigenvalue weighted by Gasteiger charge is -2.26. The lowest BCUT2D eigenvalue weighted by Crippen LogP contribution is -2.34. The van der Waals surface area contributed by atoms with Crippen molar-refractivity contribution in [3.63, 3.8) is 0 Å². The number of imide groups is 1. The van der Waals surface area contributed by atoms with Gasteiger partial charge in [0.1, 0.15) is 18.2 Å². The Kier molecular flexibility index (Phi) is 5.74. The molecule has 3 heterocycles. The van der Waals surface area contributed by atoms with Crippen molar-refractivity contribution < 1.29 is 14.3 Å². The van der Waals surface area contributed by atoms with Gasteiger partial charge in [0.05, 0.1) is 16.8 Å². The molecular formula is C25H25N3O3S. The molecule has 0 spiro atoms. The Hall–Kier alpha value is -3.06. The number of amides is 2. The summed E-state index contributed by atoms with van der Waals surface area (Å²) in [4.78, 5) is 30.4. The summed E-state index contributed by atoms with van der Waals surface area (Å²) in [5, 5.41) is 2.91. The van der Waals surface area contributed by atoms with Crippen LogP contribution in [0.2, 0.25) is 0 Å². The number of aromatic nitrogens is 1. The van der Waals surface area contributed by atoms with Gasteiger partial charge in [0, 0.05) is 11.9 Å². The van der Waals surface area contributed by atoms with Gasteiger partial charge in [0.25, 0.3) is 5.24 Å². The third kappa shape index (κ3) is 4.30. The molecule has 2 fully saturated rings. The summed E-state index contributed by atoms with van der Waals surface area (Å²) < 4.78 is 6.11. The minimum Gasteiger partial charge on any atom is -0.491 e. The number of fused-ring (bicyclic) bond motifs is 1. The Morgan fingerprint density at radius 1 is 1.16 bits per heavy atom. The molecule has 3 aromatic rings. The second-order valence-corrected chi connectivity index (χ2v) is 9.52. The molecule has 1 unspecified atom stereocenters.